The number of carbonyl (C=O) groups excluding carboxylic acids is 2. The minimum atomic E-state index is -0.984. The number of anilines is 1. The van der Waals surface area contributed by atoms with Crippen LogP contribution in [0.1, 0.15) is 36.6 Å². The molecule has 1 atom stereocenters. The summed E-state index contributed by atoms with van der Waals surface area (Å²) in [7, 11) is 1.53. The first-order chi connectivity index (χ1) is 18.9. The van der Waals surface area contributed by atoms with Crippen molar-refractivity contribution in [3.8, 4) is 17.2 Å². The molecule has 0 radical (unpaired) electrons. The average molecular weight is 528 g/mol. The normalized spacial score (nSPS) is 16.6. The van der Waals surface area contributed by atoms with Crippen molar-refractivity contribution < 1.29 is 28.9 Å². The number of carbonyl (C=O) groups is 2. The van der Waals surface area contributed by atoms with Crippen LogP contribution >= 0.6 is 0 Å². The summed E-state index contributed by atoms with van der Waals surface area (Å²) in [6.07, 6.45) is 0. The molecule has 39 heavy (non-hydrogen) atoms. The van der Waals surface area contributed by atoms with E-state index in [0.717, 1.165) is 5.56 Å². The van der Waals surface area contributed by atoms with Crippen LogP contribution in [0.5, 0.6) is 17.2 Å². The van der Waals surface area contributed by atoms with Crippen molar-refractivity contribution in [2.24, 2.45) is 0 Å². The van der Waals surface area contributed by atoms with Crippen molar-refractivity contribution in [1.82, 2.24) is 9.97 Å². The summed E-state index contributed by atoms with van der Waals surface area (Å²) in [5.74, 6) is -0.107. The van der Waals surface area contributed by atoms with E-state index in [1.807, 2.05) is 45.0 Å². The highest BCUT2D eigenvalue weighted by Crippen LogP contribution is 2.44. The number of nitrogens with zero attached hydrogens (tertiary/aromatic N) is 2. The molecule has 3 aromatic carbocycles. The number of aliphatic hydroxyl groups is 1. The molecule has 200 valence electrons. The molecule has 1 unspecified atom stereocenters. The number of methoxy groups -OCH3 is 1. The van der Waals surface area contributed by atoms with E-state index in [2.05, 4.69) is 9.97 Å². The Bertz CT molecular complexity index is 1570. The third-order valence-corrected chi connectivity index (χ3v) is 6.60. The summed E-state index contributed by atoms with van der Waals surface area (Å²) in [6.45, 7) is 6.46. The first-order valence-corrected chi connectivity index (χ1v) is 12.7. The minimum absolute atomic E-state index is 0.0587. The molecule has 2 heterocycles. The zero-order valence-electron chi connectivity index (χ0n) is 22.1. The second kappa shape index (κ2) is 10.5. The molecule has 0 bridgehead atoms. The highest BCUT2D eigenvalue weighted by molar-refractivity contribution is 6.51. The van der Waals surface area contributed by atoms with Crippen molar-refractivity contribution in [2.75, 3.05) is 25.2 Å². The number of H-pyrrole nitrogens is 1. The Morgan fingerprint density at radius 2 is 1.69 bits per heavy atom. The second-order valence-corrected chi connectivity index (χ2v) is 9.00. The first-order valence-electron chi connectivity index (χ1n) is 12.7. The van der Waals surface area contributed by atoms with Crippen molar-refractivity contribution in [1.29, 1.82) is 0 Å². The maximum Gasteiger partial charge on any atom is 0.302 e. The molecule has 1 amide bonds. The number of ketones is 1. The van der Waals surface area contributed by atoms with E-state index in [1.54, 1.807) is 36.4 Å². The molecular formula is C30H29N3O6. The third kappa shape index (κ3) is 4.56. The molecule has 1 saturated heterocycles. The maximum atomic E-state index is 13.6. The largest absolute Gasteiger partial charge is 0.507 e. The van der Waals surface area contributed by atoms with Gasteiger partial charge in [-0.15, -0.1) is 0 Å². The monoisotopic (exact) mass is 527 g/mol. The van der Waals surface area contributed by atoms with Crippen LogP contribution in [0, 0.1) is 6.92 Å². The summed E-state index contributed by atoms with van der Waals surface area (Å²) in [6, 6.07) is 16.6. The molecule has 0 spiro atoms. The molecule has 2 N–H and O–H groups in total. The fourth-order valence-corrected chi connectivity index (χ4v) is 4.82. The van der Waals surface area contributed by atoms with Crippen LogP contribution in [0.2, 0.25) is 0 Å². The number of hydrogen-bond acceptors (Lipinski definition) is 7. The lowest BCUT2D eigenvalue weighted by atomic mass is 9.94. The number of fused-ring (bicyclic) bond motifs is 1. The number of benzene rings is 3. The van der Waals surface area contributed by atoms with Gasteiger partial charge in [0.1, 0.15) is 11.5 Å². The van der Waals surface area contributed by atoms with Gasteiger partial charge in [0.25, 0.3) is 5.78 Å². The molecule has 0 aliphatic carbocycles. The Morgan fingerprint density at radius 1 is 0.974 bits per heavy atom. The summed E-state index contributed by atoms with van der Waals surface area (Å²) < 4.78 is 16.8. The summed E-state index contributed by atoms with van der Waals surface area (Å²) in [5, 5.41) is 11.5. The zero-order valence-corrected chi connectivity index (χ0v) is 22.1. The van der Waals surface area contributed by atoms with Crippen LogP contribution in [-0.4, -0.2) is 47.1 Å². The Balaban J connectivity index is 1.72. The average Bonchev–Trinajstić information content (AvgIpc) is 3.48. The predicted octanol–water partition coefficient (Wildman–Crippen LogP) is 5.30. The number of rotatable bonds is 8. The molecule has 0 saturated carbocycles. The zero-order chi connectivity index (χ0) is 27.7. The Hall–Kier alpha value is -4.79. The van der Waals surface area contributed by atoms with Crippen molar-refractivity contribution in [3.05, 3.63) is 82.9 Å². The SMILES string of the molecule is CCOc1ccc(/C(O)=C2\C(=O)C(=O)N(c3nc4ccccc4[nH]3)C2c2ccc(OC)c(OCC)c2)cc1C. The van der Waals surface area contributed by atoms with Gasteiger partial charge in [-0.05, 0) is 74.4 Å². The lowest BCUT2D eigenvalue weighted by Crippen LogP contribution is -2.30. The van der Waals surface area contributed by atoms with Gasteiger partial charge in [0.05, 0.1) is 43.0 Å². The molecule has 5 rings (SSSR count). The number of Topliss-reactive ketones (excluding diaryl/α,β-unsaturated/α-hetero) is 1. The van der Waals surface area contributed by atoms with Crippen molar-refractivity contribution >= 4 is 34.4 Å². The maximum absolute atomic E-state index is 13.6. The molecule has 1 aliphatic rings. The Morgan fingerprint density at radius 3 is 2.38 bits per heavy atom. The molecule has 9 nitrogen and oxygen atoms in total. The van der Waals surface area contributed by atoms with Crippen LogP contribution in [0.15, 0.2) is 66.2 Å². The number of aryl methyl sites for hydroxylation is 1. The fraction of sp³-hybridized carbons (Fsp3) is 0.233. The number of aliphatic hydroxyl groups excluding tert-OH is 1. The number of amides is 1. The van der Waals surface area contributed by atoms with Crippen LogP contribution in [0.4, 0.5) is 5.95 Å². The topological polar surface area (TPSA) is 114 Å². The van der Waals surface area contributed by atoms with E-state index in [1.165, 1.54) is 12.0 Å². The van der Waals surface area contributed by atoms with Crippen LogP contribution in [0.25, 0.3) is 16.8 Å². The minimum Gasteiger partial charge on any atom is -0.507 e. The van der Waals surface area contributed by atoms with Gasteiger partial charge in [-0.25, -0.2) is 4.98 Å². The summed E-state index contributed by atoms with van der Waals surface area (Å²) in [4.78, 5) is 36.1. The first kappa shape index (κ1) is 25.8. The number of ether oxygens (including phenoxy) is 3. The quantitative estimate of drug-likeness (QED) is 0.181. The molecule has 1 aromatic heterocycles. The molecule has 9 heteroatoms. The molecule has 4 aromatic rings. The number of para-hydroxylation sites is 2. The van der Waals surface area contributed by atoms with Crippen LogP contribution < -0.4 is 19.1 Å². The van der Waals surface area contributed by atoms with Gasteiger partial charge in [-0.1, -0.05) is 18.2 Å². The van der Waals surface area contributed by atoms with Gasteiger partial charge in [0, 0.05) is 5.56 Å². The Labute approximate surface area is 225 Å². The number of aromatic amines is 1. The van der Waals surface area contributed by atoms with Gasteiger partial charge in [0.15, 0.2) is 11.5 Å². The predicted molar refractivity (Wildman–Crippen MR) is 147 cm³/mol. The number of nitrogens with one attached hydrogen (secondary N) is 1. The van der Waals surface area contributed by atoms with E-state index in [0.29, 0.717) is 52.6 Å². The Kier molecular flexibility index (Phi) is 6.98. The smallest absolute Gasteiger partial charge is 0.302 e. The lowest BCUT2D eigenvalue weighted by Gasteiger charge is -2.24. The van der Waals surface area contributed by atoms with E-state index in [9.17, 15) is 14.7 Å². The summed E-state index contributed by atoms with van der Waals surface area (Å²) >= 11 is 0. The second-order valence-electron chi connectivity index (χ2n) is 9.00. The molecule has 1 aliphatic heterocycles. The number of imidazole rings is 1. The number of hydrogen-bond donors (Lipinski definition) is 2. The third-order valence-electron chi connectivity index (χ3n) is 6.60. The van der Waals surface area contributed by atoms with Crippen molar-refractivity contribution in [3.63, 3.8) is 0 Å². The molecule has 1 fully saturated rings. The van der Waals surface area contributed by atoms with Gasteiger partial charge in [-0.3, -0.25) is 14.5 Å². The van der Waals surface area contributed by atoms with E-state index in [4.69, 9.17) is 14.2 Å². The van der Waals surface area contributed by atoms with Gasteiger partial charge in [-0.2, -0.15) is 0 Å². The van der Waals surface area contributed by atoms with Crippen LogP contribution in [-0.2, 0) is 9.59 Å². The van der Waals surface area contributed by atoms with E-state index >= 15 is 0 Å². The fourth-order valence-electron chi connectivity index (χ4n) is 4.82. The van der Waals surface area contributed by atoms with Gasteiger partial charge < -0.3 is 24.3 Å². The van der Waals surface area contributed by atoms with Gasteiger partial charge >= 0.3 is 5.91 Å². The lowest BCUT2D eigenvalue weighted by molar-refractivity contribution is -0.132. The van der Waals surface area contributed by atoms with Crippen molar-refractivity contribution in [2.45, 2.75) is 26.8 Å². The van der Waals surface area contributed by atoms with E-state index < -0.39 is 17.7 Å². The highest BCUT2D eigenvalue weighted by atomic mass is 16.5. The van der Waals surface area contributed by atoms with Crippen LogP contribution in [0.3, 0.4) is 0 Å². The van der Waals surface area contributed by atoms with Gasteiger partial charge in [0.2, 0.25) is 5.95 Å². The standard InChI is InChI=1S/C30H29N3O6/c1-5-38-22-13-12-19(15-17(22)3)27(34)25-26(18-11-14-23(37-4)24(16-18)39-6-2)33(29(36)28(25)35)30-31-20-9-7-8-10-21(20)32-30/h7-16,26,34H,5-6H2,1-4H3,(H,31,32)/b27-25+. The number of aromatic nitrogens is 2. The molecular weight excluding hydrogens is 498 g/mol. The summed E-state index contributed by atoms with van der Waals surface area (Å²) in [5.41, 5.74) is 3.01. The highest BCUT2D eigenvalue weighted by Gasteiger charge is 2.48. The van der Waals surface area contributed by atoms with E-state index in [-0.39, 0.29) is 17.3 Å².